The van der Waals surface area contributed by atoms with Crippen molar-refractivity contribution in [2.45, 2.75) is 24.3 Å². The number of amides is 2. The molecule has 31 heavy (non-hydrogen) atoms. The lowest BCUT2D eigenvalue weighted by molar-refractivity contribution is -0.143. The summed E-state index contributed by atoms with van der Waals surface area (Å²) in [4.78, 5) is 34.8. The molecule has 2 aliphatic carbocycles. The molecular formula is C23H24N2O6. The predicted molar refractivity (Wildman–Crippen MR) is 112 cm³/mol. The Bertz CT molecular complexity index is 956. The molecular weight excluding hydrogens is 400 g/mol. The third-order valence-electron chi connectivity index (χ3n) is 5.63. The Kier molecular flexibility index (Phi) is 5.90. The molecule has 0 heterocycles. The summed E-state index contributed by atoms with van der Waals surface area (Å²) in [6, 6.07) is 16.2. The third-order valence-corrected chi connectivity index (χ3v) is 5.63. The molecule has 8 heteroatoms. The minimum Gasteiger partial charge on any atom is -0.480 e. The van der Waals surface area contributed by atoms with Crippen LogP contribution in [0.25, 0.3) is 11.1 Å². The van der Waals surface area contributed by atoms with E-state index in [2.05, 4.69) is 34.9 Å². The molecule has 0 radical (unpaired) electrons. The Morgan fingerprint density at radius 3 is 2.19 bits per heavy atom. The van der Waals surface area contributed by atoms with E-state index in [0.717, 1.165) is 22.3 Å². The van der Waals surface area contributed by atoms with Crippen LogP contribution in [0.15, 0.2) is 48.5 Å². The number of aliphatic carboxylic acids is 1. The lowest BCUT2D eigenvalue weighted by atomic mass is 9.98. The van der Waals surface area contributed by atoms with Crippen molar-refractivity contribution in [3.8, 4) is 11.1 Å². The molecule has 0 unspecified atom stereocenters. The number of rotatable bonds is 9. The van der Waals surface area contributed by atoms with E-state index in [0.29, 0.717) is 12.8 Å². The number of ether oxygens (including phenoxy) is 2. The maximum atomic E-state index is 12.1. The van der Waals surface area contributed by atoms with Crippen LogP contribution in [0, 0.1) is 0 Å². The largest absolute Gasteiger partial charge is 0.480 e. The average molecular weight is 424 g/mol. The molecule has 0 bridgehead atoms. The number of nitrogens with one attached hydrogen (secondary N) is 2. The van der Waals surface area contributed by atoms with Crippen molar-refractivity contribution in [3.05, 3.63) is 59.7 Å². The van der Waals surface area contributed by atoms with Gasteiger partial charge in [0.15, 0.2) is 0 Å². The highest BCUT2D eigenvalue weighted by Gasteiger charge is 2.51. The molecule has 0 spiro atoms. The lowest BCUT2D eigenvalue weighted by Crippen LogP contribution is -2.44. The normalized spacial score (nSPS) is 15.5. The first-order chi connectivity index (χ1) is 15.0. The number of benzene rings is 2. The van der Waals surface area contributed by atoms with Crippen LogP contribution in [0.1, 0.15) is 29.9 Å². The number of carbonyl (C=O) groups is 3. The summed E-state index contributed by atoms with van der Waals surface area (Å²) in [5.41, 5.74) is 3.48. The second-order valence-electron chi connectivity index (χ2n) is 7.74. The molecule has 1 saturated carbocycles. The highest BCUT2D eigenvalue weighted by Crippen LogP contribution is 2.44. The zero-order valence-corrected chi connectivity index (χ0v) is 16.9. The van der Waals surface area contributed by atoms with Gasteiger partial charge in [-0.2, -0.15) is 0 Å². The number of alkyl carbamates (subject to hydrolysis) is 1. The molecule has 3 N–H and O–H groups in total. The molecule has 162 valence electrons. The Morgan fingerprint density at radius 2 is 1.61 bits per heavy atom. The van der Waals surface area contributed by atoms with Crippen LogP contribution in [0.5, 0.6) is 0 Å². The van der Waals surface area contributed by atoms with Gasteiger partial charge in [-0.15, -0.1) is 0 Å². The van der Waals surface area contributed by atoms with Gasteiger partial charge in [-0.05, 0) is 35.1 Å². The zero-order valence-electron chi connectivity index (χ0n) is 16.9. The fourth-order valence-corrected chi connectivity index (χ4v) is 3.86. The quantitative estimate of drug-likeness (QED) is 0.532. The predicted octanol–water partition coefficient (Wildman–Crippen LogP) is 2.28. The van der Waals surface area contributed by atoms with Gasteiger partial charge in [-0.25, -0.2) is 9.59 Å². The Balaban J connectivity index is 1.18. The summed E-state index contributed by atoms with van der Waals surface area (Å²) in [6.07, 6.45) is 0.298. The summed E-state index contributed by atoms with van der Waals surface area (Å²) >= 11 is 0. The number of hydrogen-bond donors (Lipinski definition) is 3. The first kappa shape index (κ1) is 20.9. The lowest BCUT2D eigenvalue weighted by Gasteiger charge is -2.15. The molecule has 2 aromatic carbocycles. The van der Waals surface area contributed by atoms with Crippen molar-refractivity contribution in [3.63, 3.8) is 0 Å². The molecule has 0 aliphatic heterocycles. The van der Waals surface area contributed by atoms with Crippen LogP contribution < -0.4 is 10.6 Å². The van der Waals surface area contributed by atoms with Crippen LogP contribution in [-0.2, 0) is 19.1 Å². The molecule has 0 aromatic heterocycles. The molecule has 8 nitrogen and oxygen atoms in total. The van der Waals surface area contributed by atoms with E-state index in [9.17, 15) is 14.4 Å². The van der Waals surface area contributed by atoms with Crippen LogP contribution in [0.3, 0.4) is 0 Å². The van der Waals surface area contributed by atoms with Gasteiger partial charge in [-0.1, -0.05) is 48.5 Å². The summed E-state index contributed by atoms with van der Waals surface area (Å²) in [5.74, 6) is -1.53. The van der Waals surface area contributed by atoms with Gasteiger partial charge in [0.2, 0.25) is 5.91 Å². The van der Waals surface area contributed by atoms with Crippen molar-refractivity contribution >= 4 is 18.0 Å². The van der Waals surface area contributed by atoms with Gasteiger partial charge in [0.1, 0.15) is 18.8 Å². The fourth-order valence-electron chi connectivity index (χ4n) is 3.86. The van der Waals surface area contributed by atoms with E-state index in [1.165, 1.54) is 0 Å². The van der Waals surface area contributed by atoms with Crippen LogP contribution in [-0.4, -0.2) is 55.0 Å². The summed E-state index contributed by atoms with van der Waals surface area (Å²) < 4.78 is 10.6. The van der Waals surface area contributed by atoms with Gasteiger partial charge in [-0.3, -0.25) is 4.79 Å². The van der Waals surface area contributed by atoms with E-state index < -0.39 is 23.5 Å². The van der Waals surface area contributed by atoms with Crippen molar-refractivity contribution in [1.82, 2.24) is 10.6 Å². The van der Waals surface area contributed by atoms with Crippen LogP contribution >= 0.6 is 0 Å². The minimum atomic E-state index is -1.13. The maximum Gasteiger partial charge on any atom is 0.407 e. The molecule has 2 aromatic rings. The Labute approximate surface area is 179 Å². The number of carboxylic acid groups (broad SMARTS) is 1. The number of fused-ring (bicyclic) bond motifs is 3. The van der Waals surface area contributed by atoms with E-state index >= 15 is 0 Å². The standard InChI is InChI=1S/C23H24N2O6/c26-20(25-23(9-10-23)21(27)28)14-30-12-11-24-22(29)31-13-19-17-7-3-1-5-15(17)16-6-2-4-8-18(16)19/h1-8,19H,9-14H2,(H,24,29)(H,25,26)(H,27,28). The topological polar surface area (TPSA) is 114 Å². The summed E-state index contributed by atoms with van der Waals surface area (Å²) in [7, 11) is 0. The highest BCUT2D eigenvalue weighted by molar-refractivity contribution is 5.90. The number of carboxylic acids is 1. The van der Waals surface area contributed by atoms with Gasteiger partial charge in [0.05, 0.1) is 6.61 Å². The third kappa shape index (κ3) is 4.54. The van der Waals surface area contributed by atoms with E-state index in [4.69, 9.17) is 14.6 Å². The molecule has 0 atom stereocenters. The van der Waals surface area contributed by atoms with E-state index in [1.54, 1.807) is 0 Å². The Hall–Kier alpha value is -3.39. The van der Waals surface area contributed by atoms with Crippen molar-refractivity contribution in [2.24, 2.45) is 0 Å². The van der Waals surface area contributed by atoms with Gasteiger partial charge in [0, 0.05) is 12.5 Å². The second-order valence-corrected chi connectivity index (χ2v) is 7.74. The molecule has 2 amide bonds. The zero-order chi connectivity index (χ0) is 21.8. The van der Waals surface area contributed by atoms with Crippen LogP contribution in [0.2, 0.25) is 0 Å². The summed E-state index contributed by atoms with van der Waals surface area (Å²) in [6.45, 7) is 0.244. The molecule has 1 fully saturated rings. The molecule has 4 rings (SSSR count). The Morgan fingerprint density at radius 1 is 1.00 bits per heavy atom. The van der Waals surface area contributed by atoms with E-state index in [-0.39, 0.29) is 32.3 Å². The first-order valence-corrected chi connectivity index (χ1v) is 10.2. The van der Waals surface area contributed by atoms with Gasteiger partial charge in [0.25, 0.3) is 0 Å². The monoisotopic (exact) mass is 424 g/mol. The summed E-state index contributed by atoms with van der Waals surface area (Å²) in [5, 5.41) is 14.1. The van der Waals surface area contributed by atoms with Crippen LogP contribution in [0.4, 0.5) is 4.79 Å². The SMILES string of the molecule is O=C(COCCNC(=O)OCC1c2ccccc2-c2ccccc21)NC1(C(=O)O)CC1. The first-order valence-electron chi connectivity index (χ1n) is 10.2. The van der Waals surface area contributed by atoms with Crippen molar-refractivity contribution in [1.29, 1.82) is 0 Å². The van der Waals surface area contributed by atoms with Gasteiger partial charge >= 0.3 is 12.1 Å². The molecule has 2 aliphatic rings. The average Bonchev–Trinajstić information content (AvgIpc) is 3.48. The number of hydrogen-bond acceptors (Lipinski definition) is 5. The second kappa shape index (κ2) is 8.77. The number of carbonyl (C=O) groups excluding carboxylic acids is 2. The van der Waals surface area contributed by atoms with E-state index in [1.807, 2.05) is 24.3 Å². The maximum absolute atomic E-state index is 12.1. The highest BCUT2D eigenvalue weighted by atomic mass is 16.5. The van der Waals surface area contributed by atoms with Gasteiger partial charge < -0.3 is 25.2 Å². The minimum absolute atomic E-state index is 0.0120. The smallest absolute Gasteiger partial charge is 0.407 e. The van der Waals surface area contributed by atoms with Crippen molar-refractivity contribution in [2.75, 3.05) is 26.4 Å². The molecule has 0 saturated heterocycles. The fraction of sp³-hybridized carbons (Fsp3) is 0.348. The van der Waals surface area contributed by atoms with Crippen molar-refractivity contribution < 1.29 is 29.0 Å².